The van der Waals surface area contributed by atoms with E-state index in [-0.39, 0.29) is 17.6 Å². The molecule has 1 fully saturated rings. The van der Waals surface area contributed by atoms with Crippen LogP contribution in [0.2, 0.25) is 0 Å². The van der Waals surface area contributed by atoms with E-state index in [9.17, 15) is 9.59 Å². The third kappa shape index (κ3) is 3.16. The quantitative estimate of drug-likeness (QED) is 0.651. The number of aromatic nitrogens is 5. The second kappa shape index (κ2) is 7.12. The van der Waals surface area contributed by atoms with Crippen LogP contribution in [0.4, 0.5) is 11.4 Å². The van der Waals surface area contributed by atoms with E-state index in [1.165, 1.54) is 6.08 Å². The minimum atomic E-state index is -0.184. The normalized spacial score (nSPS) is 16.4. The topological polar surface area (TPSA) is 98.7 Å². The molecule has 1 atom stereocenters. The molecule has 4 rings (SSSR count). The number of fused-ring (bicyclic) bond motifs is 1. The van der Waals surface area contributed by atoms with E-state index in [0.717, 1.165) is 5.69 Å². The van der Waals surface area contributed by atoms with Crippen LogP contribution < -0.4 is 15.7 Å². The number of carbonyl (C=O) groups is 1. The zero-order valence-corrected chi connectivity index (χ0v) is 16.6. The number of aryl methyl sites for hydroxylation is 2. The van der Waals surface area contributed by atoms with Gasteiger partial charge in [-0.25, -0.2) is 14.2 Å². The van der Waals surface area contributed by atoms with Crippen molar-refractivity contribution < 1.29 is 9.53 Å². The maximum atomic E-state index is 13.2. The zero-order valence-electron chi connectivity index (χ0n) is 16.6. The summed E-state index contributed by atoms with van der Waals surface area (Å²) in [6.45, 7) is 6.42. The maximum absolute atomic E-state index is 13.2. The summed E-state index contributed by atoms with van der Waals surface area (Å²) in [5, 5.41) is 7.54. The summed E-state index contributed by atoms with van der Waals surface area (Å²) in [4.78, 5) is 31.2. The fourth-order valence-electron chi connectivity index (χ4n) is 3.73. The molecule has 3 aromatic heterocycles. The molecule has 0 aromatic carbocycles. The number of likely N-dealkylation sites (tertiary alicyclic amines) is 1. The molecule has 152 valence electrons. The van der Waals surface area contributed by atoms with Gasteiger partial charge in [0.15, 0.2) is 5.65 Å². The third-order valence-corrected chi connectivity index (χ3v) is 5.16. The van der Waals surface area contributed by atoms with Gasteiger partial charge >= 0.3 is 5.69 Å². The van der Waals surface area contributed by atoms with Gasteiger partial charge in [-0.15, -0.1) is 5.10 Å². The standard InChI is InChI=1S/C19H23N7O3/c1-5-16(27)24-7-6-13(9-24)25-11-14(17-20-8-12(2)26(17)19(25)28)21-15-10-23(3)22-18(15)29-4/h5,8,10-11,13,21H,1,6-7,9H2,2-4H3. The molecular weight excluding hydrogens is 374 g/mol. The highest BCUT2D eigenvalue weighted by Crippen LogP contribution is 2.29. The molecule has 1 unspecified atom stereocenters. The Hall–Kier alpha value is -3.56. The van der Waals surface area contributed by atoms with Gasteiger partial charge in [-0.05, 0) is 19.4 Å². The van der Waals surface area contributed by atoms with Crippen LogP contribution >= 0.6 is 0 Å². The molecule has 0 spiro atoms. The first kappa shape index (κ1) is 18.8. The maximum Gasteiger partial charge on any atom is 0.334 e. The summed E-state index contributed by atoms with van der Waals surface area (Å²) < 4.78 is 10.2. The molecule has 10 nitrogen and oxygen atoms in total. The fraction of sp³-hybridized carbons (Fsp3) is 0.368. The van der Waals surface area contributed by atoms with Crippen molar-refractivity contribution in [3.05, 3.63) is 47.4 Å². The minimum Gasteiger partial charge on any atom is -0.478 e. The fourth-order valence-corrected chi connectivity index (χ4v) is 3.73. The SMILES string of the molecule is C=CC(=O)N1CCC(n2cc(Nc3cn(C)nc3OC)c3ncc(C)n3c2=O)C1. The lowest BCUT2D eigenvalue weighted by Crippen LogP contribution is -2.33. The second-order valence-corrected chi connectivity index (χ2v) is 7.07. The van der Waals surface area contributed by atoms with E-state index in [1.54, 1.807) is 51.3 Å². The number of nitrogens with zero attached hydrogens (tertiary/aromatic N) is 6. The van der Waals surface area contributed by atoms with Gasteiger partial charge in [-0.1, -0.05) is 6.58 Å². The Bertz CT molecular complexity index is 1160. The van der Waals surface area contributed by atoms with Gasteiger partial charge in [0, 0.05) is 38.2 Å². The van der Waals surface area contributed by atoms with Crippen LogP contribution in [0, 0.1) is 6.92 Å². The van der Waals surface area contributed by atoms with E-state index in [2.05, 4.69) is 22.0 Å². The Balaban J connectivity index is 1.79. The van der Waals surface area contributed by atoms with Gasteiger partial charge in [0.2, 0.25) is 5.91 Å². The first-order chi connectivity index (χ1) is 13.9. The Labute approximate surface area is 167 Å². The van der Waals surface area contributed by atoms with Crippen molar-refractivity contribution in [2.45, 2.75) is 19.4 Å². The minimum absolute atomic E-state index is 0.126. The van der Waals surface area contributed by atoms with E-state index in [4.69, 9.17) is 4.74 Å². The van der Waals surface area contributed by atoms with Crippen LogP contribution in [0.15, 0.2) is 36.0 Å². The summed E-state index contributed by atoms with van der Waals surface area (Å²) >= 11 is 0. The van der Waals surface area contributed by atoms with Crippen molar-refractivity contribution in [3.8, 4) is 5.88 Å². The number of ether oxygens (including phenoxy) is 1. The Morgan fingerprint density at radius 2 is 2.17 bits per heavy atom. The molecule has 1 aliphatic heterocycles. The van der Waals surface area contributed by atoms with Crippen molar-refractivity contribution in [3.63, 3.8) is 0 Å². The number of anilines is 2. The number of hydrogen-bond acceptors (Lipinski definition) is 6. The number of methoxy groups -OCH3 is 1. The molecule has 1 aliphatic rings. The number of hydrogen-bond donors (Lipinski definition) is 1. The van der Waals surface area contributed by atoms with Gasteiger partial charge in [0.1, 0.15) is 5.69 Å². The average Bonchev–Trinajstić information content (AvgIpc) is 3.42. The molecular formula is C19H23N7O3. The smallest absolute Gasteiger partial charge is 0.334 e. The number of imidazole rings is 1. The number of nitrogens with one attached hydrogen (secondary N) is 1. The monoisotopic (exact) mass is 397 g/mol. The van der Waals surface area contributed by atoms with Gasteiger partial charge in [0.25, 0.3) is 5.88 Å². The van der Waals surface area contributed by atoms with Crippen molar-refractivity contribution >= 4 is 22.9 Å². The van der Waals surface area contributed by atoms with E-state index in [0.29, 0.717) is 42.4 Å². The zero-order chi connectivity index (χ0) is 20.7. The molecule has 0 saturated carbocycles. The lowest BCUT2D eigenvalue weighted by atomic mass is 10.2. The summed E-state index contributed by atoms with van der Waals surface area (Å²) in [5.74, 6) is 0.314. The second-order valence-electron chi connectivity index (χ2n) is 7.07. The van der Waals surface area contributed by atoms with Crippen LogP contribution in [-0.4, -0.2) is 54.7 Å². The van der Waals surface area contributed by atoms with Gasteiger partial charge in [-0.2, -0.15) is 0 Å². The van der Waals surface area contributed by atoms with E-state index >= 15 is 0 Å². The largest absolute Gasteiger partial charge is 0.478 e. The lowest BCUT2D eigenvalue weighted by molar-refractivity contribution is -0.125. The van der Waals surface area contributed by atoms with Crippen LogP contribution in [-0.2, 0) is 11.8 Å². The molecule has 1 saturated heterocycles. The van der Waals surface area contributed by atoms with Gasteiger partial charge < -0.3 is 15.0 Å². The first-order valence-corrected chi connectivity index (χ1v) is 9.28. The molecule has 3 aromatic rings. The molecule has 0 radical (unpaired) electrons. The summed E-state index contributed by atoms with van der Waals surface area (Å²) in [6, 6.07) is -0.131. The third-order valence-electron chi connectivity index (χ3n) is 5.16. The van der Waals surface area contributed by atoms with Crippen molar-refractivity contribution in [1.82, 2.24) is 28.6 Å². The number of rotatable bonds is 5. The molecule has 0 aliphatic carbocycles. The lowest BCUT2D eigenvalue weighted by Gasteiger charge is -2.18. The van der Waals surface area contributed by atoms with Crippen LogP contribution in [0.5, 0.6) is 5.88 Å². The molecule has 10 heteroatoms. The molecule has 4 heterocycles. The average molecular weight is 397 g/mol. The molecule has 1 amide bonds. The summed E-state index contributed by atoms with van der Waals surface area (Å²) in [5.41, 5.74) is 2.39. The molecule has 29 heavy (non-hydrogen) atoms. The highest BCUT2D eigenvalue weighted by Gasteiger charge is 2.28. The number of amides is 1. The molecule has 1 N–H and O–H groups in total. The number of carbonyl (C=O) groups excluding carboxylic acids is 1. The van der Waals surface area contributed by atoms with E-state index in [1.807, 2.05) is 6.92 Å². The van der Waals surface area contributed by atoms with Crippen LogP contribution in [0.3, 0.4) is 0 Å². The van der Waals surface area contributed by atoms with Crippen molar-refractivity contribution in [2.24, 2.45) is 7.05 Å². The van der Waals surface area contributed by atoms with Gasteiger partial charge in [-0.3, -0.25) is 14.0 Å². The predicted molar refractivity (Wildman–Crippen MR) is 108 cm³/mol. The first-order valence-electron chi connectivity index (χ1n) is 9.28. The molecule has 0 bridgehead atoms. The van der Waals surface area contributed by atoms with Crippen LogP contribution in [0.1, 0.15) is 18.2 Å². The Kier molecular flexibility index (Phi) is 4.61. The highest BCUT2D eigenvalue weighted by molar-refractivity contribution is 5.87. The summed E-state index contributed by atoms with van der Waals surface area (Å²) in [7, 11) is 3.35. The van der Waals surface area contributed by atoms with Crippen molar-refractivity contribution in [1.29, 1.82) is 0 Å². The predicted octanol–water partition coefficient (Wildman–Crippen LogP) is 1.25. The van der Waals surface area contributed by atoms with Crippen molar-refractivity contribution in [2.75, 3.05) is 25.5 Å². The summed E-state index contributed by atoms with van der Waals surface area (Å²) in [6.07, 6.45) is 7.20. The van der Waals surface area contributed by atoms with Crippen LogP contribution in [0.25, 0.3) is 5.65 Å². The Morgan fingerprint density at radius 1 is 1.38 bits per heavy atom. The Morgan fingerprint density at radius 3 is 2.90 bits per heavy atom. The highest BCUT2D eigenvalue weighted by atomic mass is 16.5. The van der Waals surface area contributed by atoms with Gasteiger partial charge in [0.05, 0.1) is 25.0 Å². The van der Waals surface area contributed by atoms with E-state index < -0.39 is 0 Å².